The van der Waals surface area contributed by atoms with Gasteiger partial charge in [0.15, 0.2) is 4.47 Å². The largest absolute Gasteiger partial charge is 0.391 e. The molecule has 4 heteroatoms. The summed E-state index contributed by atoms with van der Waals surface area (Å²) in [5, 5.41) is 9.34. The molecule has 2 aromatic rings. The smallest absolute Gasteiger partial charge is 0.184 e. The molecule has 2 nitrogen and oxygen atoms in total. The summed E-state index contributed by atoms with van der Waals surface area (Å²) in [6, 6.07) is 4.24. The molecule has 0 fully saturated rings. The van der Waals surface area contributed by atoms with Crippen LogP contribution < -0.4 is 0 Å². The van der Waals surface area contributed by atoms with Gasteiger partial charge in [-0.25, -0.2) is 4.98 Å². The van der Waals surface area contributed by atoms with E-state index in [-0.39, 0.29) is 6.61 Å². The summed E-state index contributed by atoms with van der Waals surface area (Å²) in [5.74, 6) is 0. The van der Waals surface area contributed by atoms with E-state index in [2.05, 4.69) is 37.9 Å². The quantitative estimate of drug-likeness (QED) is 0.896. The van der Waals surface area contributed by atoms with Gasteiger partial charge in [-0.15, -0.1) is 11.3 Å². The zero-order chi connectivity index (χ0) is 12.6. The van der Waals surface area contributed by atoms with Crippen LogP contribution >= 0.6 is 22.9 Å². The lowest BCUT2D eigenvalue weighted by molar-refractivity contribution is 0.286. The highest BCUT2D eigenvalue weighted by atomic mass is 35.5. The van der Waals surface area contributed by atoms with E-state index >= 15 is 0 Å². The van der Waals surface area contributed by atoms with Crippen LogP contribution in [0.25, 0.3) is 11.3 Å². The summed E-state index contributed by atoms with van der Waals surface area (Å²) in [4.78, 5) is 5.15. The molecule has 0 spiro atoms. The Labute approximate surface area is 110 Å². The molecule has 0 bridgehead atoms. The zero-order valence-corrected chi connectivity index (χ0v) is 11.6. The molecule has 0 aliphatic heterocycles. The van der Waals surface area contributed by atoms with Gasteiger partial charge in [-0.05, 0) is 31.9 Å². The minimum absolute atomic E-state index is 0.0214. The predicted molar refractivity (Wildman–Crippen MR) is 72.7 cm³/mol. The van der Waals surface area contributed by atoms with Gasteiger partial charge in [0, 0.05) is 5.56 Å². The summed E-state index contributed by atoms with van der Waals surface area (Å²) in [6.07, 6.45) is 0. The van der Waals surface area contributed by atoms with Crippen molar-refractivity contribution in [2.75, 3.05) is 0 Å². The van der Waals surface area contributed by atoms with Crippen LogP contribution in [-0.2, 0) is 6.61 Å². The fraction of sp³-hybridized carbons (Fsp3) is 0.308. The van der Waals surface area contributed by atoms with E-state index in [1.807, 2.05) is 0 Å². The fourth-order valence-electron chi connectivity index (χ4n) is 2.18. The molecule has 1 heterocycles. The van der Waals surface area contributed by atoms with Crippen LogP contribution in [0.2, 0.25) is 4.47 Å². The average molecular weight is 268 g/mol. The van der Waals surface area contributed by atoms with Crippen molar-refractivity contribution < 1.29 is 5.11 Å². The highest BCUT2D eigenvalue weighted by Crippen LogP contribution is 2.35. The molecule has 17 heavy (non-hydrogen) atoms. The van der Waals surface area contributed by atoms with Crippen LogP contribution in [0.15, 0.2) is 12.1 Å². The maximum absolute atomic E-state index is 9.34. The van der Waals surface area contributed by atoms with Crippen molar-refractivity contribution in [1.82, 2.24) is 4.98 Å². The topological polar surface area (TPSA) is 33.1 Å². The van der Waals surface area contributed by atoms with Gasteiger partial charge in [-0.2, -0.15) is 0 Å². The molecule has 0 atom stereocenters. The molecule has 90 valence electrons. The minimum Gasteiger partial charge on any atom is -0.391 e. The average Bonchev–Trinajstić information content (AvgIpc) is 2.58. The maximum atomic E-state index is 9.34. The molecule has 0 unspecified atom stereocenters. The van der Waals surface area contributed by atoms with E-state index in [1.165, 1.54) is 28.0 Å². The number of halogens is 1. The third-order valence-electron chi connectivity index (χ3n) is 2.73. The lowest BCUT2D eigenvalue weighted by atomic mass is 9.97. The van der Waals surface area contributed by atoms with Crippen molar-refractivity contribution in [1.29, 1.82) is 0 Å². The van der Waals surface area contributed by atoms with E-state index < -0.39 is 0 Å². The zero-order valence-electron chi connectivity index (χ0n) is 10.0. The number of nitrogens with zero attached hydrogens (tertiary/aromatic N) is 1. The Morgan fingerprint density at radius 1 is 1.24 bits per heavy atom. The predicted octanol–water partition coefficient (Wildman–Crippen LogP) is 3.88. The normalized spacial score (nSPS) is 10.9. The molecule has 2 rings (SSSR count). The third-order valence-corrected chi connectivity index (χ3v) is 3.87. The van der Waals surface area contributed by atoms with Crippen LogP contribution in [-0.4, -0.2) is 10.1 Å². The van der Waals surface area contributed by atoms with Gasteiger partial charge in [-0.3, -0.25) is 0 Å². The summed E-state index contributed by atoms with van der Waals surface area (Å²) in [6.45, 7) is 6.17. The Bertz CT molecular complexity index is 540. The monoisotopic (exact) mass is 267 g/mol. The van der Waals surface area contributed by atoms with Crippen molar-refractivity contribution in [2.24, 2.45) is 0 Å². The van der Waals surface area contributed by atoms with Crippen molar-refractivity contribution in [3.63, 3.8) is 0 Å². The lowest BCUT2D eigenvalue weighted by Crippen LogP contribution is -1.93. The van der Waals surface area contributed by atoms with Crippen LogP contribution in [0.1, 0.15) is 21.6 Å². The summed E-state index contributed by atoms with van der Waals surface area (Å²) in [7, 11) is 0. The molecule has 0 saturated heterocycles. The van der Waals surface area contributed by atoms with Crippen LogP contribution in [0, 0.1) is 20.8 Å². The van der Waals surface area contributed by atoms with Crippen LogP contribution in [0.5, 0.6) is 0 Å². The van der Waals surface area contributed by atoms with E-state index in [9.17, 15) is 5.11 Å². The number of aliphatic hydroxyl groups is 1. The van der Waals surface area contributed by atoms with Crippen molar-refractivity contribution in [3.05, 3.63) is 38.2 Å². The van der Waals surface area contributed by atoms with Crippen molar-refractivity contribution in [3.8, 4) is 11.3 Å². The second-order valence-corrected chi connectivity index (χ2v) is 5.84. The first-order valence-corrected chi connectivity index (χ1v) is 6.56. The number of rotatable bonds is 2. The number of aliphatic hydroxyl groups excluding tert-OH is 1. The van der Waals surface area contributed by atoms with Crippen molar-refractivity contribution >= 4 is 22.9 Å². The molecule has 1 aromatic carbocycles. The Balaban J connectivity index is 2.67. The number of hydrogen-bond acceptors (Lipinski definition) is 3. The third kappa shape index (κ3) is 2.37. The Morgan fingerprint density at radius 2 is 1.82 bits per heavy atom. The van der Waals surface area contributed by atoms with Gasteiger partial charge in [0.25, 0.3) is 0 Å². The molecular formula is C13H14ClNOS. The number of aryl methyl sites for hydroxylation is 3. The number of thiazole rings is 1. The van der Waals surface area contributed by atoms with E-state index in [0.29, 0.717) is 4.47 Å². The van der Waals surface area contributed by atoms with Gasteiger partial charge in [-0.1, -0.05) is 29.3 Å². The molecule has 0 aliphatic rings. The molecule has 0 aliphatic carbocycles. The Kier molecular flexibility index (Phi) is 3.52. The molecule has 0 radical (unpaired) electrons. The first kappa shape index (κ1) is 12.6. The fourth-order valence-corrected chi connectivity index (χ4v) is 3.19. The number of aromatic nitrogens is 1. The van der Waals surface area contributed by atoms with Gasteiger partial charge >= 0.3 is 0 Å². The first-order chi connectivity index (χ1) is 8.02. The van der Waals surface area contributed by atoms with Crippen molar-refractivity contribution in [2.45, 2.75) is 27.4 Å². The van der Waals surface area contributed by atoms with E-state index in [1.54, 1.807) is 0 Å². The van der Waals surface area contributed by atoms with Gasteiger partial charge in [0.05, 0.1) is 17.2 Å². The molecule has 1 aromatic heterocycles. The Hall–Kier alpha value is -0.900. The molecule has 0 saturated carbocycles. The lowest BCUT2D eigenvalue weighted by Gasteiger charge is -2.10. The van der Waals surface area contributed by atoms with Crippen LogP contribution in [0.4, 0.5) is 0 Å². The number of benzene rings is 1. The SMILES string of the molecule is Cc1cc(C)c(-c2nc(Cl)sc2CO)c(C)c1. The molecule has 1 N–H and O–H groups in total. The van der Waals surface area contributed by atoms with Gasteiger partial charge < -0.3 is 5.11 Å². The standard InChI is InChI=1S/C13H14ClNOS/c1-7-4-8(2)11(9(3)5-7)12-10(6-16)17-13(14)15-12/h4-5,16H,6H2,1-3H3. The minimum atomic E-state index is -0.0214. The summed E-state index contributed by atoms with van der Waals surface area (Å²) >= 11 is 7.26. The first-order valence-electron chi connectivity index (χ1n) is 5.37. The van der Waals surface area contributed by atoms with E-state index in [4.69, 9.17) is 11.6 Å². The van der Waals surface area contributed by atoms with Gasteiger partial charge in [0.2, 0.25) is 0 Å². The number of hydrogen-bond donors (Lipinski definition) is 1. The van der Waals surface area contributed by atoms with Gasteiger partial charge in [0.1, 0.15) is 0 Å². The molecular weight excluding hydrogens is 254 g/mol. The summed E-state index contributed by atoms with van der Waals surface area (Å²) in [5.41, 5.74) is 5.47. The Morgan fingerprint density at radius 3 is 2.35 bits per heavy atom. The highest BCUT2D eigenvalue weighted by molar-refractivity contribution is 7.16. The van der Waals surface area contributed by atoms with E-state index in [0.717, 1.165) is 16.1 Å². The van der Waals surface area contributed by atoms with Crippen LogP contribution in [0.3, 0.4) is 0 Å². The maximum Gasteiger partial charge on any atom is 0.184 e. The highest BCUT2D eigenvalue weighted by Gasteiger charge is 2.15. The second kappa shape index (κ2) is 4.77. The summed E-state index contributed by atoms with van der Waals surface area (Å²) < 4.78 is 0.475. The second-order valence-electron chi connectivity index (χ2n) is 4.17. The molecule has 0 amide bonds.